The van der Waals surface area contributed by atoms with E-state index >= 15 is 0 Å². The molecule has 3 rings (SSSR count). The first-order chi connectivity index (χ1) is 16.1. The lowest BCUT2D eigenvalue weighted by molar-refractivity contribution is -0.114. The smallest absolute Gasteiger partial charge is 0.264 e. The first-order valence-corrected chi connectivity index (χ1v) is 12.4. The minimum absolute atomic E-state index is 0.0164. The second kappa shape index (κ2) is 10.7. The summed E-state index contributed by atoms with van der Waals surface area (Å²) in [6, 6.07) is 13.6. The van der Waals surface area contributed by atoms with Gasteiger partial charge in [0.05, 0.1) is 45.6 Å². The van der Waals surface area contributed by atoms with Gasteiger partial charge in [0.15, 0.2) is 0 Å². The molecule has 1 amide bonds. The molecule has 0 aliphatic carbocycles. The first-order valence-electron chi connectivity index (χ1n) is 9.82. The highest BCUT2D eigenvalue weighted by molar-refractivity contribution is 7.92. The molecule has 0 spiro atoms. The molecular weight excluding hydrogens is 523 g/mol. The molecule has 3 aromatic rings. The predicted octanol–water partition coefficient (Wildman–Crippen LogP) is 5.81. The molecule has 180 valence electrons. The van der Waals surface area contributed by atoms with Crippen LogP contribution in [0, 0.1) is 6.92 Å². The number of hydrogen-bond donors (Lipinski definition) is 1. The molecule has 0 aromatic heterocycles. The van der Waals surface area contributed by atoms with E-state index in [0.29, 0.717) is 5.75 Å². The van der Waals surface area contributed by atoms with E-state index < -0.39 is 22.5 Å². The SMILES string of the molecule is COc1cc(NC(=O)CN(c2ccc(Cl)c(Cl)c2)S(=O)(=O)c2ccc(C)cc2)c(OC)cc1Cl. The van der Waals surface area contributed by atoms with Crippen LogP contribution in [0.3, 0.4) is 0 Å². The molecule has 0 saturated carbocycles. The fourth-order valence-corrected chi connectivity index (χ4v) is 5.01. The summed E-state index contributed by atoms with van der Waals surface area (Å²) in [6.07, 6.45) is 0. The number of ether oxygens (including phenoxy) is 2. The number of nitrogens with one attached hydrogen (secondary N) is 1. The number of halogens is 3. The van der Waals surface area contributed by atoms with Crippen molar-refractivity contribution in [3.8, 4) is 11.5 Å². The molecular formula is C23H21Cl3N2O5S. The number of aryl methyl sites for hydroxylation is 1. The quantitative estimate of drug-likeness (QED) is 0.388. The summed E-state index contributed by atoms with van der Waals surface area (Å²) < 4.78 is 38.4. The van der Waals surface area contributed by atoms with Gasteiger partial charge in [-0.3, -0.25) is 9.10 Å². The number of rotatable bonds is 8. The van der Waals surface area contributed by atoms with Crippen LogP contribution in [-0.4, -0.2) is 35.1 Å². The van der Waals surface area contributed by atoms with Gasteiger partial charge in [-0.25, -0.2) is 8.42 Å². The largest absolute Gasteiger partial charge is 0.495 e. The molecule has 0 heterocycles. The van der Waals surface area contributed by atoms with Gasteiger partial charge in [-0.15, -0.1) is 0 Å². The Balaban J connectivity index is 2.00. The molecule has 0 unspecified atom stereocenters. The van der Waals surface area contributed by atoms with E-state index in [4.69, 9.17) is 44.3 Å². The Morgan fingerprint density at radius 1 is 0.882 bits per heavy atom. The van der Waals surface area contributed by atoms with Gasteiger partial charge < -0.3 is 14.8 Å². The lowest BCUT2D eigenvalue weighted by Crippen LogP contribution is -2.38. The molecule has 0 aliphatic heterocycles. The lowest BCUT2D eigenvalue weighted by Gasteiger charge is -2.25. The second-order valence-electron chi connectivity index (χ2n) is 7.16. The molecule has 0 fully saturated rings. The summed E-state index contributed by atoms with van der Waals surface area (Å²) in [5, 5.41) is 3.34. The number of benzene rings is 3. The number of carbonyl (C=O) groups is 1. The van der Waals surface area contributed by atoms with E-state index in [0.717, 1.165) is 9.87 Å². The Morgan fingerprint density at radius 3 is 2.12 bits per heavy atom. The van der Waals surface area contributed by atoms with E-state index in [1.54, 1.807) is 12.1 Å². The maximum atomic E-state index is 13.5. The Morgan fingerprint density at radius 2 is 1.53 bits per heavy atom. The van der Waals surface area contributed by atoms with Crippen LogP contribution in [0.2, 0.25) is 15.1 Å². The number of carbonyl (C=O) groups excluding carboxylic acids is 1. The summed E-state index contributed by atoms with van der Waals surface area (Å²) in [4.78, 5) is 13.0. The van der Waals surface area contributed by atoms with Gasteiger partial charge in [0.1, 0.15) is 18.0 Å². The van der Waals surface area contributed by atoms with Crippen molar-refractivity contribution in [2.24, 2.45) is 0 Å². The van der Waals surface area contributed by atoms with Crippen molar-refractivity contribution >= 4 is 62.1 Å². The highest BCUT2D eigenvalue weighted by atomic mass is 35.5. The molecule has 0 saturated heterocycles. The van der Waals surface area contributed by atoms with Crippen LogP contribution >= 0.6 is 34.8 Å². The van der Waals surface area contributed by atoms with Crippen LogP contribution in [0.4, 0.5) is 11.4 Å². The Bertz CT molecular complexity index is 1310. The van der Waals surface area contributed by atoms with E-state index in [2.05, 4.69) is 5.32 Å². The van der Waals surface area contributed by atoms with Crippen molar-refractivity contribution in [2.75, 3.05) is 30.4 Å². The van der Waals surface area contributed by atoms with Crippen LogP contribution in [0.15, 0.2) is 59.5 Å². The maximum absolute atomic E-state index is 13.5. The Kier molecular flexibility index (Phi) is 8.20. The topological polar surface area (TPSA) is 84.9 Å². The molecule has 3 aromatic carbocycles. The Hall–Kier alpha value is -2.65. The third-order valence-electron chi connectivity index (χ3n) is 4.84. The zero-order valence-electron chi connectivity index (χ0n) is 18.4. The average Bonchev–Trinajstić information content (AvgIpc) is 2.80. The predicted molar refractivity (Wildman–Crippen MR) is 135 cm³/mol. The van der Waals surface area contributed by atoms with Gasteiger partial charge in [-0.05, 0) is 37.3 Å². The van der Waals surface area contributed by atoms with Crippen molar-refractivity contribution in [1.82, 2.24) is 0 Å². The minimum atomic E-state index is -4.13. The molecule has 0 bridgehead atoms. The van der Waals surface area contributed by atoms with E-state index in [9.17, 15) is 13.2 Å². The molecule has 0 radical (unpaired) electrons. The van der Waals surface area contributed by atoms with Crippen molar-refractivity contribution in [3.63, 3.8) is 0 Å². The zero-order valence-corrected chi connectivity index (χ0v) is 21.5. The van der Waals surface area contributed by atoms with Crippen molar-refractivity contribution in [1.29, 1.82) is 0 Å². The highest BCUT2D eigenvalue weighted by Crippen LogP contribution is 2.36. The first kappa shape index (κ1) is 26.0. The molecule has 11 heteroatoms. The minimum Gasteiger partial charge on any atom is -0.495 e. The van der Waals surface area contributed by atoms with Crippen LogP contribution < -0.4 is 19.1 Å². The summed E-state index contributed by atoms with van der Waals surface area (Å²) in [5.74, 6) is -0.0440. The van der Waals surface area contributed by atoms with E-state index in [1.165, 1.54) is 56.7 Å². The molecule has 1 N–H and O–H groups in total. The normalized spacial score (nSPS) is 11.1. The van der Waals surface area contributed by atoms with Crippen LogP contribution in [-0.2, 0) is 14.8 Å². The Labute approximate surface area is 213 Å². The van der Waals surface area contributed by atoms with Crippen LogP contribution in [0.1, 0.15) is 5.56 Å². The van der Waals surface area contributed by atoms with Crippen molar-refractivity contribution in [2.45, 2.75) is 11.8 Å². The van der Waals surface area contributed by atoms with Crippen molar-refractivity contribution < 1.29 is 22.7 Å². The summed E-state index contributed by atoms with van der Waals surface area (Å²) in [5.41, 5.74) is 1.32. The summed E-state index contributed by atoms with van der Waals surface area (Å²) in [7, 11) is -1.28. The fourth-order valence-electron chi connectivity index (χ4n) is 3.07. The number of amides is 1. The number of methoxy groups -OCH3 is 2. The molecule has 7 nitrogen and oxygen atoms in total. The number of anilines is 2. The molecule has 34 heavy (non-hydrogen) atoms. The zero-order chi connectivity index (χ0) is 25.0. The average molecular weight is 544 g/mol. The van der Waals surface area contributed by atoms with Gasteiger partial charge in [0, 0.05) is 12.1 Å². The molecule has 0 atom stereocenters. The van der Waals surface area contributed by atoms with E-state index in [-0.39, 0.29) is 37.1 Å². The lowest BCUT2D eigenvalue weighted by atomic mass is 10.2. The molecule has 0 aliphatic rings. The standard InChI is InChI=1S/C23H21Cl3N2O5S/c1-14-4-7-16(8-5-14)34(30,31)28(15-6-9-17(24)18(25)10-15)13-23(29)27-20-12-21(32-2)19(26)11-22(20)33-3/h4-12H,13H2,1-3H3,(H,27,29). The van der Waals surface area contributed by atoms with Crippen LogP contribution in [0.25, 0.3) is 0 Å². The monoisotopic (exact) mass is 542 g/mol. The number of hydrogen-bond acceptors (Lipinski definition) is 5. The van der Waals surface area contributed by atoms with Gasteiger partial charge in [0.2, 0.25) is 5.91 Å². The summed E-state index contributed by atoms with van der Waals surface area (Å²) in [6.45, 7) is 1.29. The highest BCUT2D eigenvalue weighted by Gasteiger charge is 2.28. The maximum Gasteiger partial charge on any atom is 0.264 e. The van der Waals surface area contributed by atoms with Gasteiger partial charge >= 0.3 is 0 Å². The third kappa shape index (κ3) is 5.70. The second-order valence-corrected chi connectivity index (χ2v) is 10.2. The summed E-state index contributed by atoms with van der Waals surface area (Å²) >= 11 is 18.3. The van der Waals surface area contributed by atoms with E-state index in [1.807, 2.05) is 6.92 Å². The van der Waals surface area contributed by atoms with Gasteiger partial charge in [0.25, 0.3) is 10.0 Å². The number of nitrogens with zero attached hydrogens (tertiary/aromatic N) is 1. The van der Waals surface area contributed by atoms with Crippen LogP contribution in [0.5, 0.6) is 11.5 Å². The third-order valence-corrected chi connectivity index (χ3v) is 7.66. The fraction of sp³-hybridized carbons (Fsp3) is 0.174. The van der Waals surface area contributed by atoms with Gasteiger partial charge in [-0.1, -0.05) is 52.5 Å². The van der Waals surface area contributed by atoms with Gasteiger partial charge in [-0.2, -0.15) is 0 Å². The number of sulfonamides is 1. The van der Waals surface area contributed by atoms with Crippen molar-refractivity contribution in [3.05, 3.63) is 75.2 Å².